The maximum absolute atomic E-state index is 11.9. The number of carbonyl (C=O) groups is 1. The van der Waals surface area contributed by atoms with Crippen molar-refractivity contribution >= 4 is 23.2 Å². The first-order valence-corrected chi connectivity index (χ1v) is 5.60. The number of rotatable bonds is 4. The number of nitro benzene ring substituents is 1. The molecule has 1 aromatic rings. The zero-order valence-corrected chi connectivity index (χ0v) is 10.8. The molecular formula is C11H14ClN3O3. The normalized spacial score (nSPS) is 11.1. The Balaban J connectivity index is 3.02. The van der Waals surface area contributed by atoms with Gasteiger partial charge in [0.25, 0.3) is 11.6 Å². The van der Waals surface area contributed by atoms with Gasteiger partial charge in [0.2, 0.25) is 0 Å². The Morgan fingerprint density at radius 1 is 1.56 bits per heavy atom. The number of hydrogen-bond acceptors (Lipinski definition) is 4. The quantitative estimate of drug-likeness (QED) is 0.643. The highest BCUT2D eigenvalue weighted by molar-refractivity contribution is 6.34. The zero-order valence-electron chi connectivity index (χ0n) is 10.1. The van der Waals surface area contributed by atoms with Crippen LogP contribution in [-0.4, -0.2) is 22.9 Å². The molecule has 0 saturated carbocycles. The highest BCUT2D eigenvalue weighted by atomic mass is 35.5. The fourth-order valence-electron chi connectivity index (χ4n) is 1.29. The Bertz CT molecular complexity index is 483. The highest BCUT2D eigenvalue weighted by Gasteiger charge is 2.24. The molecule has 0 atom stereocenters. The molecule has 1 amide bonds. The minimum absolute atomic E-state index is 0.0385. The van der Waals surface area contributed by atoms with Crippen molar-refractivity contribution < 1.29 is 9.72 Å². The molecule has 98 valence electrons. The number of nitrogens with two attached hydrogens (primary N) is 1. The third-order valence-electron chi connectivity index (χ3n) is 2.12. The molecule has 7 heteroatoms. The van der Waals surface area contributed by atoms with E-state index in [0.29, 0.717) is 0 Å². The molecule has 0 aliphatic carbocycles. The van der Waals surface area contributed by atoms with E-state index < -0.39 is 16.4 Å². The van der Waals surface area contributed by atoms with Crippen molar-refractivity contribution in [1.29, 1.82) is 0 Å². The van der Waals surface area contributed by atoms with Crippen LogP contribution in [0.2, 0.25) is 5.02 Å². The number of amides is 1. The van der Waals surface area contributed by atoms with E-state index in [1.54, 1.807) is 13.8 Å². The molecule has 0 radical (unpaired) electrons. The summed E-state index contributed by atoms with van der Waals surface area (Å²) in [5.74, 6) is -0.606. The molecule has 0 fully saturated rings. The van der Waals surface area contributed by atoms with Crippen LogP contribution in [0.1, 0.15) is 24.2 Å². The van der Waals surface area contributed by atoms with Gasteiger partial charge in [-0.15, -0.1) is 0 Å². The molecule has 0 aliphatic heterocycles. The lowest BCUT2D eigenvalue weighted by atomic mass is 10.1. The van der Waals surface area contributed by atoms with E-state index in [1.807, 2.05) is 0 Å². The van der Waals surface area contributed by atoms with E-state index in [4.69, 9.17) is 17.3 Å². The fraction of sp³-hybridized carbons (Fsp3) is 0.364. The molecule has 6 nitrogen and oxygen atoms in total. The SMILES string of the molecule is CC(C)(N)CNC(=O)c1c(Cl)cccc1[N+](=O)[O-]. The van der Waals surface area contributed by atoms with Gasteiger partial charge in [-0.1, -0.05) is 17.7 Å². The monoisotopic (exact) mass is 271 g/mol. The number of nitrogens with one attached hydrogen (secondary N) is 1. The molecule has 1 aromatic carbocycles. The van der Waals surface area contributed by atoms with Gasteiger partial charge in [0.1, 0.15) is 5.56 Å². The Morgan fingerprint density at radius 2 is 2.17 bits per heavy atom. The Hall–Kier alpha value is -1.66. The van der Waals surface area contributed by atoms with Crippen molar-refractivity contribution in [2.45, 2.75) is 19.4 Å². The third-order valence-corrected chi connectivity index (χ3v) is 2.43. The first kappa shape index (κ1) is 14.4. The molecular weight excluding hydrogens is 258 g/mol. The average molecular weight is 272 g/mol. The van der Waals surface area contributed by atoms with Crippen LogP contribution in [0.5, 0.6) is 0 Å². The summed E-state index contributed by atoms with van der Waals surface area (Å²) in [6.45, 7) is 3.65. The van der Waals surface area contributed by atoms with Gasteiger partial charge in [-0.3, -0.25) is 14.9 Å². The second kappa shape index (κ2) is 5.32. The van der Waals surface area contributed by atoms with Gasteiger partial charge in [0, 0.05) is 18.2 Å². The maximum atomic E-state index is 11.9. The summed E-state index contributed by atoms with van der Waals surface area (Å²) in [6, 6.07) is 4.08. The molecule has 0 bridgehead atoms. The largest absolute Gasteiger partial charge is 0.350 e. The second-order valence-electron chi connectivity index (χ2n) is 4.56. The van der Waals surface area contributed by atoms with Gasteiger partial charge in [-0.25, -0.2) is 0 Å². The molecule has 18 heavy (non-hydrogen) atoms. The second-order valence-corrected chi connectivity index (χ2v) is 4.97. The van der Waals surface area contributed by atoms with Crippen LogP contribution in [0, 0.1) is 10.1 Å². The molecule has 0 heterocycles. The van der Waals surface area contributed by atoms with Crippen LogP contribution in [0.3, 0.4) is 0 Å². The predicted molar refractivity (Wildman–Crippen MR) is 68.7 cm³/mol. The number of hydrogen-bond donors (Lipinski definition) is 2. The minimum atomic E-state index is -0.644. The molecule has 0 unspecified atom stereocenters. The van der Waals surface area contributed by atoms with Crippen LogP contribution in [-0.2, 0) is 0 Å². The zero-order chi connectivity index (χ0) is 13.9. The molecule has 0 saturated heterocycles. The van der Waals surface area contributed by atoms with E-state index in [-0.39, 0.29) is 22.8 Å². The number of nitrogens with zero attached hydrogens (tertiary/aromatic N) is 1. The van der Waals surface area contributed by atoms with Gasteiger partial charge in [-0.2, -0.15) is 0 Å². The van der Waals surface area contributed by atoms with E-state index in [9.17, 15) is 14.9 Å². The van der Waals surface area contributed by atoms with Gasteiger partial charge in [-0.05, 0) is 19.9 Å². The molecule has 0 aliphatic rings. The fourth-order valence-corrected chi connectivity index (χ4v) is 1.54. The summed E-state index contributed by atoms with van der Waals surface area (Å²) in [7, 11) is 0. The van der Waals surface area contributed by atoms with Crippen molar-refractivity contribution in [1.82, 2.24) is 5.32 Å². The topological polar surface area (TPSA) is 98.3 Å². The van der Waals surface area contributed by atoms with E-state index in [2.05, 4.69) is 5.32 Å². The smallest absolute Gasteiger partial charge is 0.283 e. The number of halogens is 1. The Labute approximate surface area is 109 Å². The summed E-state index contributed by atoms with van der Waals surface area (Å²) in [5.41, 5.74) is 4.64. The molecule has 1 rings (SSSR count). The maximum Gasteiger partial charge on any atom is 0.283 e. The molecule has 0 spiro atoms. The van der Waals surface area contributed by atoms with Crippen LogP contribution >= 0.6 is 11.6 Å². The van der Waals surface area contributed by atoms with E-state index >= 15 is 0 Å². The highest BCUT2D eigenvalue weighted by Crippen LogP contribution is 2.25. The van der Waals surface area contributed by atoms with Crippen molar-refractivity contribution in [3.05, 3.63) is 38.9 Å². The lowest BCUT2D eigenvalue weighted by molar-refractivity contribution is -0.385. The van der Waals surface area contributed by atoms with Crippen LogP contribution in [0.15, 0.2) is 18.2 Å². The Morgan fingerprint density at radius 3 is 2.67 bits per heavy atom. The average Bonchev–Trinajstić information content (AvgIpc) is 2.24. The van der Waals surface area contributed by atoms with Crippen molar-refractivity contribution in [3.8, 4) is 0 Å². The van der Waals surface area contributed by atoms with Crippen molar-refractivity contribution in [2.75, 3.05) is 6.54 Å². The first-order chi connectivity index (χ1) is 8.22. The van der Waals surface area contributed by atoms with Crippen LogP contribution < -0.4 is 11.1 Å². The van der Waals surface area contributed by atoms with Gasteiger partial charge in [0.15, 0.2) is 0 Å². The Kier molecular flexibility index (Phi) is 4.26. The van der Waals surface area contributed by atoms with Crippen LogP contribution in [0.4, 0.5) is 5.69 Å². The van der Waals surface area contributed by atoms with Gasteiger partial charge >= 0.3 is 0 Å². The standard InChI is InChI=1S/C11H14ClN3O3/c1-11(2,13)6-14-10(16)9-7(12)4-3-5-8(9)15(17)18/h3-5H,6,13H2,1-2H3,(H,14,16). The minimum Gasteiger partial charge on any atom is -0.350 e. The first-order valence-electron chi connectivity index (χ1n) is 5.22. The molecule has 0 aromatic heterocycles. The summed E-state index contributed by atoms with van der Waals surface area (Å²) in [4.78, 5) is 22.1. The third kappa shape index (κ3) is 3.68. The number of nitro groups is 1. The van der Waals surface area contributed by atoms with Crippen molar-refractivity contribution in [3.63, 3.8) is 0 Å². The van der Waals surface area contributed by atoms with Crippen LogP contribution in [0.25, 0.3) is 0 Å². The van der Waals surface area contributed by atoms with E-state index in [1.165, 1.54) is 18.2 Å². The van der Waals surface area contributed by atoms with E-state index in [0.717, 1.165) is 0 Å². The predicted octanol–water partition coefficient (Wildman–Crippen LogP) is 1.72. The number of benzene rings is 1. The summed E-state index contributed by atoms with van der Waals surface area (Å²) >= 11 is 5.82. The summed E-state index contributed by atoms with van der Waals surface area (Å²) in [6.07, 6.45) is 0. The summed E-state index contributed by atoms with van der Waals surface area (Å²) < 4.78 is 0. The lowest BCUT2D eigenvalue weighted by Gasteiger charge is -2.19. The van der Waals surface area contributed by atoms with Crippen molar-refractivity contribution in [2.24, 2.45) is 5.73 Å². The van der Waals surface area contributed by atoms with Gasteiger partial charge < -0.3 is 11.1 Å². The lowest BCUT2D eigenvalue weighted by Crippen LogP contribution is -2.45. The number of carbonyl (C=O) groups excluding carboxylic acids is 1. The van der Waals surface area contributed by atoms with Gasteiger partial charge in [0.05, 0.1) is 9.95 Å². The summed E-state index contributed by atoms with van der Waals surface area (Å²) in [5, 5.41) is 13.4. The molecule has 3 N–H and O–H groups in total.